The summed E-state index contributed by atoms with van der Waals surface area (Å²) in [6.45, 7) is 3.82. The standard InChI is InChI=1S/C16H19FN2O2/c1-3-21-15(20)16(8-9-16)14(10-18)19-11(2)12-6-4-5-7-13(12)17/h4-7,11,14,19H,3,8-9H2,1-2H3/t11?,14-/m1/s1. The minimum Gasteiger partial charge on any atom is -0.465 e. The summed E-state index contributed by atoms with van der Waals surface area (Å²) in [7, 11) is 0. The van der Waals surface area contributed by atoms with Gasteiger partial charge in [0.2, 0.25) is 0 Å². The van der Waals surface area contributed by atoms with Crippen molar-refractivity contribution in [3.8, 4) is 6.07 Å². The molecular formula is C16H19FN2O2. The molecule has 4 nitrogen and oxygen atoms in total. The van der Waals surface area contributed by atoms with Crippen LogP contribution >= 0.6 is 0 Å². The maximum absolute atomic E-state index is 13.8. The van der Waals surface area contributed by atoms with Gasteiger partial charge >= 0.3 is 5.97 Å². The van der Waals surface area contributed by atoms with Gasteiger partial charge in [-0.05, 0) is 32.8 Å². The highest BCUT2D eigenvalue weighted by molar-refractivity contribution is 5.81. The summed E-state index contributed by atoms with van der Waals surface area (Å²) < 4.78 is 18.8. The van der Waals surface area contributed by atoms with Crippen molar-refractivity contribution in [3.05, 3.63) is 35.6 Å². The number of hydrogen-bond acceptors (Lipinski definition) is 4. The van der Waals surface area contributed by atoms with E-state index in [0.29, 0.717) is 25.0 Å². The molecule has 0 aliphatic heterocycles. The van der Waals surface area contributed by atoms with Crippen molar-refractivity contribution in [2.24, 2.45) is 5.41 Å². The smallest absolute Gasteiger partial charge is 0.314 e. The number of ether oxygens (including phenoxy) is 1. The average molecular weight is 290 g/mol. The van der Waals surface area contributed by atoms with E-state index in [1.165, 1.54) is 6.07 Å². The van der Waals surface area contributed by atoms with E-state index in [2.05, 4.69) is 11.4 Å². The Bertz CT molecular complexity index is 564. The predicted molar refractivity (Wildman–Crippen MR) is 75.7 cm³/mol. The Kier molecular flexibility index (Phi) is 4.59. The molecule has 2 atom stereocenters. The SMILES string of the molecule is CCOC(=O)C1([C@@H](C#N)NC(C)c2ccccc2F)CC1. The zero-order chi connectivity index (χ0) is 15.5. The third kappa shape index (κ3) is 3.06. The number of benzene rings is 1. The predicted octanol–water partition coefficient (Wildman–Crippen LogP) is 2.71. The van der Waals surface area contributed by atoms with Crippen LogP contribution in [0.2, 0.25) is 0 Å². The lowest BCUT2D eigenvalue weighted by atomic mass is 9.95. The normalized spacial score (nSPS) is 18.4. The van der Waals surface area contributed by atoms with E-state index in [4.69, 9.17) is 4.74 Å². The van der Waals surface area contributed by atoms with Crippen LogP contribution in [0.3, 0.4) is 0 Å². The second-order valence-corrected chi connectivity index (χ2v) is 5.35. The van der Waals surface area contributed by atoms with E-state index >= 15 is 0 Å². The number of esters is 1. The monoisotopic (exact) mass is 290 g/mol. The van der Waals surface area contributed by atoms with E-state index in [9.17, 15) is 14.4 Å². The molecule has 1 aromatic rings. The molecular weight excluding hydrogens is 271 g/mol. The van der Waals surface area contributed by atoms with E-state index < -0.39 is 11.5 Å². The molecule has 0 radical (unpaired) electrons. The quantitative estimate of drug-likeness (QED) is 0.818. The molecule has 1 aliphatic carbocycles. The van der Waals surface area contributed by atoms with E-state index in [0.717, 1.165) is 0 Å². The van der Waals surface area contributed by atoms with Crippen LogP contribution in [0.25, 0.3) is 0 Å². The number of hydrogen-bond donors (Lipinski definition) is 1. The van der Waals surface area contributed by atoms with Gasteiger partial charge in [-0.25, -0.2) is 4.39 Å². The zero-order valence-corrected chi connectivity index (χ0v) is 12.2. The maximum atomic E-state index is 13.8. The molecule has 0 spiro atoms. The van der Waals surface area contributed by atoms with Crippen LogP contribution in [0, 0.1) is 22.6 Å². The van der Waals surface area contributed by atoms with Crippen LogP contribution in [0.5, 0.6) is 0 Å². The Morgan fingerprint density at radius 2 is 2.19 bits per heavy atom. The minimum atomic E-state index is -0.774. The Morgan fingerprint density at radius 1 is 1.52 bits per heavy atom. The summed E-state index contributed by atoms with van der Waals surface area (Å²) >= 11 is 0. The molecule has 5 heteroatoms. The van der Waals surface area contributed by atoms with Crippen molar-refractivity contribution in [2.45, 2.75) is 38.8 Å². The molecule has 0 heterocycles. The van der Waals surface area contributed by atoms with E-state index in [-0.39, 0.29) is 17.8 Å². The van der Waals surface area contributed by atoms with Crippen molar-refractivity contribution < 1.29 is 13.9 Å². The molecule has 1 fully saturated rings. The van der Waals surface area contributed by atoms with Crippen molar-refractivity contribution in [1.29, 1.82) is 5.26 Å². The Labute approximate surface area is 123 Å². The van der Waals surface area contributed by atoms with Gasteiger partial charge in [-0.1, -0.05) is 18.2 Å². The molecule has 0 saturated heterocycles. The molecule has 0 bridgehead atoms. The van der Waals surface area contributed by atoms with Gasteiger partial charge in [0, 0.05) is 11.6 Å². The Hall–Kier alpha value is -1.93. The molecule has 1 aromatic carbocycles. The van der Waals surface area contributed by atoms with Crippen LogP contribution in [0.1, 0.15) is 38.3 Å². The van der Waals surface area contributed by atoms with Gasteiger partial charge in [0.05, 0.1) is 18.1 Å². The fraction of sp³-hybridized carbons (Fsp3) is 0.500. The molecule has 21 heavy (non-hydrogen) atoms. The Morgan fingerprint density at radius 3 is 2.71 bits per heavy atom. The van der Waals surface area contributed by atoms with Crippen molar-refractivity contribution in [1.82, 2.24) is 5.32 Å². The second-order valence-electron chi connectivity index (χ2n) is 5.35. The molecule has 112 valence electrons. The van der Waals surface area contributed by atoms with Gasteiger partial charge in [0.25, 0.3) is 0 Å². The summed E-state index contributed by atoms with van der Waals surface area (Å²) in [4.78, 5) is 12.0. The highest BCUT2D eigenvalue weighted by Crippen LogP contribution is 2.50. The molecule has 1 N–H and O–H groups in total. The number of nitriles is 1. The largest absolute Gasteiger partial charge is 0.465 e. The second kappa shape index (κ2) is 6.23. The van der Waals surface area contributed by atoms with Crippen LogP contribution < -0.4 is 5.32 Å². The third-order valence-corrected chi connectivity index (χ3v) is 3.94. The first-order valence-electron chi connectivity index (χ1n) is 7.12. The van der Waals surface area contributed by atoms with Crippen molar-refractivity contribution in [2.75, 3.05) is 6.61 Å². The third-order valence-electron chi connectivity index (χ3n) is 3.94. The van der Waals surface area contributed by atoms with Gasteiger partial charge in [0.15, 0.2) is 0 Å². The van der Waals surface area contributed by atoms with Gasteiger partial charge in [0.1, 0.15) is 11.9 Å². The fourth-order valence-electron chi connectivity index (χ4n) is 2.51. The van der Waals surface area contributed by atoms with Crippen molar-refractivity contribution >= 4 is 5.97 Å². The minimum absolute atomic E-state index is 0.293. The number of halogens is 1. The highest BCUT2D eigenvalue weighted by Gasteiger charge is 2.57. The summed E-state index contributed by atoms with van der Waals surface area (Å²) in [5.41, 5.74) is -0.290. The van der Waals surface area contributed by atoms with Crippen molar-refractivity contribution in [3.63, 3.8) is 0 Å². The molecule has 0 aromatic heterocycles. The molecule has 2 rings (SSSR count). The maximum Gasteiger partial charge on any atom is 0.314 e. The lowest BCUT2D eigenvalue weighted by molar-refractivity contribution is -0.150. The van der Waals surface area contributed by atoms with Crippen LogP contribution in [0.4, 0.5) is 4.39 Å². The molecule has 0 amide bonds. The number of nitrogens with one attached hydrogen (secondary N) is 1. The number of nitrogens with zero attached hydrogens (tertiary/aromatic N) is 1. The average Bonchev–Trinajstić information content (AvgIpc) is 3.27. The Balaban J connectivity index is 2.12. The number of carbonyl (C=O) groups is 1. The summed E-state index contributed by atoms with van der Waals surface area (Å²) in [5.74, 6) is -0.667. The molecule has 1 aliphatic rings. The van der Waals surface area contributed by atoms with E-state index in [1.54, 1.807) is 32.0 Å². The van der Waals surface area contributed by atoms with Crippen LogP contribution in [0.15, 0.2) is 24.3 Å². The summed E-state index contributed by atoms with van der Waals surface area (Å²) in [6.07, 6.45) is 1.25. The topological polar surface area (TPSA) is 62.1 Å². The first-order chi connectivity index (χ1) is 10.0. The van der Waals surface area contributed by atoms with Crippen LogP contribution in [-0.4, -0.2) is 18.6 Å². The van der Waals surface area contributed by atoms with Gasteiger partial charge < -0.3 is 4.74 Å². The van der Waals surface area contributed by atoms with Gasteiger partial charge in [-0.15, -0.1) is 0 Å². The number of rotatable bonds is 6. The highest BCUT2D eigenvalue weighted by atomic mass is 19.1. The number of carbonyl (C=O) groups excluding carboxylic acids is 1. The first-order valence-corrected chi connectivity index (χ1v) is 7.12. The van der Waals surface area contributed by atoms with Gasteiger partial charge in [-0.2, -0.15) is 5.26 Å². The van der Waals surface area contributed by atoms with Crippen LogP contribution in [-0.2, 0) is 9.53 Å². The van der Waals surface area contributed by atoms with E-state index in [1.807, 2.05) is 0 Å². The van der Waals surface area contributed by atoms with Gasteiger partial charge in [-0.3, -0.25) is 10.1 Å². The lowest BCUT2D eigenvalue weighted by Crippen LogP contribution is -2.43. The summed E-state index contributed by atoms with van der Waals surface area (Å²) in [6, 6.07) is 7.52. The fourth-order valence-corrected chi connectivity index (χ4v) is 2.51. The molecule has 1 unspecified atom stereocenters. The first kappa shape index (κ1) is 15.5. The molecule has 1 saturated carbocycles. The lowest BCUT2D eigenvalue weighted by Gasteiger charge is -2.24. The summed E-state index contributed by atoms with van der Waals surface area (Å²) in [5, 5.41) is 12.4. The zero-order valence-electron chi connectivity index (χ0n) is 12.2.